The molecule has 106 valence electrons. The van der Waals surface area contributed by atoms with E-state index in [1.165, 1.54) is 0 Å². The Balaban J connectivity index is 2.03. The van der Waals surface area contributed by atoms with Crippen molar-refractivity contribution in [3.8, 4) is 0 Å². The second-order valence-corrected chi connectivity index (χ2v) is 5.09. The molecule has 20 heavy (non-hydrogen) atoms. The number of nitrogens with one attached hydrogen (secondary N) is 1. The van der Waals surface area contributed by atoms with Crippen molar-refractivity contribution in [3.05, 3.63) is 58.0 Å². The molecule has 1 heterocycles. The first-order valence-electron chi connectivity index (χ1n) is 6.29. The van der Waals surface area contributed by atoms with E-state index in [0.29, 0.717) is 17.3 Å². The van der Waals surface area contributed by atoms with Gasteiger partial charge in [-0.05, 0) is 37.6 Å². The Morgan fingerprint density at radius 2 is 2.20 bits per heavy atom. The third-order valence-electron chi connectivity index (χ3n) is 3.18. The summed E-state index contributed by atoms with van der Waals surface area (Å²) in [7, 11) is 0. The van der Waals surface area contributed by atoms with E-state index < -0.39 is 5.97 Å². The quantitative estimate of drug-likeness (QED) is 0.880. The van der Waals surface area contributed by atoms with Crippen LogP contribution in [0, 0.1) is 6.92 Å². The molecule has 0 fully saturated rings. The monoisotopic (exact) mass is 293 g/mol. The zero-order chi connectivity index (χ0) is 14.7. The topological polar surface area (TPSA) is 62.5 Å². The lowest BCUT2D eigenvalue weighted by Gasteiger charge is -2.14. The first-order valence-corrected chi connectivity index (χ1v) is 6.66. The molecule has 0 spiro atoms. The van der Waals surface area contributed by atoms with Crippen LogP contribution in [-0.2, 0) is 6.54 Å². The average Bonchev–Trinajstić information content (AvgIpc) is 2.77. The van der Waals surface area contributed by atoms with E-state index in [-0.39, 0.29) is 11.8 Å². The molecule has 0 radical (unpaired) electrons. The summed E-state index contributed by atoms with van der Waals surface area (Å²) < 4.78 is 5.17. The Labute approximate surface area is 122 Å². The van der Waals surface area contributed by atoms with Crippen LogP contribution in [0.2, 0.25) is 5.02 Å². The highest BCUT2D eigenvalue weighted by Gasteiger charge is 2.14. The second-order valence-electron chi connectivity index (χ2n) is 4.65. The van der Waals surface area contributed by atoms with Gasteiger partial charge in [0.2, 0.25) is 5.76 Å². The number of furan rings is 1. The van der Waals surface area contributed by atoms with Crippen LogP contribution >= 0.6 is 11.6 Å². The summed E-state index contributed by atoms with van der Waals surface area (Å²) >= 11 is 5.96. The minimum absolute atomic E-state index is 0.0327. The summed E-state index contributed by atoms with van der Waals surface area (Å²) in [5, 5.41) is 12.9. The second kappa shape index (κ2) is 6.11. The number of carbonyl (C=O) groups is 1. The number of carboxylic acid groups (broad SMARTS) is 1. The highest BCUT2D eigenvalue weighted by Crippen LogP contribution is 2.19. The lowest BCUT2D eigenvalue weighted by Crippen LogP contribution is -2.18. The van der Waals surface area contributed by atoms with E-state index >= 15 is 0 Å². The first-order chi connectivity index (χ1) is 9.47. The Hall–Kier alpha value is -1.78. The van der Waals surface area contributed by atoms with E-state index in [1.807, 2.05) is 31.2 Å². The van der Waals surface area contributed by atoms with Crippen molar-refractivity contribution in [2.45, 2.75) is 26.4 Å². The highest BCUT2D eigenvalue weighted by molar-refractivity contribution is 6.30. The molecule has 2 rings (SSSR count). The maximum absolute atomic E-state index is 10.8. The van der Waals surface area contributed by atoms with Gasteiger partial charge in [-0.25, -0.2) is 4.79 Å². The van der Waals surface area contributed by atoms with Crippen molar-refractivity contribution < 1.29 is 14.3 Å². The molecule has 4 nitrogen and oxygen atoms in total. The van der Waals surface area contributed by atoms with E-state index in [0.717, 1.165) is 11.1 Å². The number of hydrogen-bond acceptors (Lipinski definition) is 3. The average molecular weight is 294 g/mol. The van der Waals surface area contributed by atoms with Gasteiger partial charge < -0.3 is 14.8 Å². The molecule has 0 aliphatic heterocycles. The van der Waals surface area contributed by atoms with Gasteiger partial charge in [0.25, 0.3) is 0 Å². The van der Waals surface area contributed by atoms with Gasteiger partial charge in [-0.2, -0.15) is 0 Å². The fourth-order valence-electron chi connectivity index (χ4n) is 1.96. The van der Waals surface area contributed by atoms with Crippen LogP contribution in [0.15, 0.2) is 34.7 Å². The Bertz CT molecular complexity index is 621. The molecule has 0 bridgehead atoms. The Morgan fingerprint density at radius 1 is 1.45 bits per heavy atom. The van der Waals surface area contributed by atoms with Gasteiger partial charge in [-0.3, -0.25) is 0 Å². The maximum atomic E-state index is 10.8. The van der Waals surface area contributed by atoms with Crippen LogP contribution in [-0.4, -0.2) is 11.1 Å². The standard InChI is InChI=1S/C15H16ClNO3/c1-9(11-4-3-5-13(16)6-11)17-8-12-7-14(15(18)19)20-10(12)2/h3-7,9,17H,8H2,1-2H3,(H,18,19)/t9-/m1/s1. The van der Waals surface area contributed by atoms with Gasteiger partial charge in [0, 0.05) is 23.2 Å². The predicted octanol–water partition coefficient (Wildman–Crippen LogP) is 3.79. The van der Waals surface area contributed by atoms with Crippen LogP contribution in [0.1, 0.15) is 40.4 Å². The Morgan fingerprint density at radius 3 is 2.80 bits per heavy atom. The van der Waals surface area contributed by atoms with Gasteiger partial charge in [0.15, 0.2) is 0 Å². The maximum Gasteiger partial charge on any atom is 0.371 e. The van der Waals surface area contributed by atoms with Crippen LogP contribution in [0.4, 0.5) is 0 Å². The lowest BCUT2D eigenvalue weighted by molar-refractivity contribution is 0.0661. The van der Waals surface area contributed by atoms with Crippen molar-refractivity contribution in [2.75, 3.05) is 0 Å². The highest BCUT2D eigenvalue weighted by atomic mass is 35.5. The van der Waals surface area contributed by atoms with Crippen LogP contribution in [0.25, 0.3) is 0 Å². The van der Waals surface area contributed by atoms with Gasteiger partial charge in [0.1, 0.15) is 5.76 Å². The van der Waals surface area contributed by atoms with E-state index in [4.69, 9.17) is 21.1 Å². The molecule has 2 N–H and O–H groups in total. The predicted molar refractivity (Wildman–Crippen MR) is 77.1 cm³/mol. The first kappa shape index (κ1) is 14.6. The lowest BCUT2D eigenvalue weighted by atomic mass is 10.1. The van der Waals surface area contributed by atoms with Gasteiger partial charge in [0.05, 0.1) is 0 Å². The summed E-state index contributed by atoms with van der Waals surface area (Å²) in [4.78, 5) is 10.8. The van der Waals surface area contributed by atoms with E-state index in [1.54, 1.807) is 13.0 Å². The number of carboxylic acids is 1. The molecule has 0 aliphatic carbocycles. The molecular weight excluding hydrogens is 278 g/mol. The smallest absolute Gasteiger partial charge is 0.371 e. The minimum Gasteiger partial charge on any atom is -0.475 e. The number of aryl methyl sites for hydroxylation is 1. The van der Waals surface area contributed by atoms with Crippen molar-refractivity contribution in [2.24, 2.45) is 0 Å². The SMILES string of the molecule is Cc1oc(C(=O)O)cc1CN[C@H](C)c1cccc(Cl)c1. The van der Waals surface area contributed by atoms with Crippen molar-refractivity contribution in [1.29, 1.82) is 0 Å². The summed E-state index contributed by atoms with van der Waals surface area (Å²) in [6.45, 7) is 4.32. The van der Waals surface area contributed by atoms with Gasteiger partial charge in [-0.1, -0.05) is 23.7 Å². The molecule has 0 saturated heterocycles. The van der Waals surface area contributed by atoms with Crippen molar-refractivity contribution in [1.82, 2.24) is 5.32 Å². The summed E-state index contributed by atoms with van der Waals surface area (Å²) in [6, 6.07) is 9.29. The van der Waals surface area contributed by atoms with Gasteiger partial charge in [-0.15, -0.1) is 0 Å². The van der Waals surface area contributed by atoms with Gasteiger partial charge >= 0.3 is 5.97 Å². The number of halogens is 1. The van der Waals surface area contributed by atoms with Crippen LogP contribution in [0.5, 0.6) is 0 Å². The summed E-state index contributed by atoms with van der Waals surface area (Å²) in [5.41, 5.74) is 1.92. The third kappa shape index (κ3) is 3.40. The molecule has 1 aromatic heterocycles. The Kier molecular flexibility index (Phi) is 4.47. The molecule has 0 amide bonds. The zero-order valence-corrected chi connectivity index (χ0v) is 12.1. The summed E-state index contributed by atoms with van der Waals surface area (Å²) in [6.07, 6.45) is 0. The number of aromatic carboxylic acids is 1. The number of benzene rings is 1. The number of hydrogen-bond donors (Lipinski definition) is 2. The molecule has 0 unspecified atom stereocenters. The molecule has 0 saturated carbocycles. The van der Waals surface area contributed by atoms with Crippen molar-refractivity contribution >= 4 is 17.6 Å². The minimum atomic E-state index is -1.05. The van der Waals surface area contributed by atoms with E-state index in [2.05, 4.69) is 5.32 Å². The zero-order valence-electron chi connectivity index (χ0n) is 11.3. The normalized spacial score (nSPS) is 12.3. The molecule has 0 aliphatic rings. The number of rotatable bonds is 5. The molecule has 1 aromatic carbocycles. The van der Waals surface area contributed by atoms with Crippen molar-refractivity contribution in [3.63, 3.8) is 0 Å². The van der Waals surface area contributed by atoms with Crippen LogP contribution < -0.4 is 5.32 Å². The fraction of sp³-hybridized carbons (Fsp3) is 0.267. The van der Waals surface area contributed by atoms with Crippen LogP contribution in [0.3, 0.4) is 0 Å². The molecular formula is C15H16ClNO3. The largest absolute Gasteiger partial charge is 0.475 e. The summed E-state index contributed by atoms with van der Waals surface area (Å²) in [5.74, 6) is -0.467. The molecule has 2 aromatic rings. The van der Waals surface area contributed by atoms with E-state index in [9.17, 15) is 4.79 Å². The molecule has 5 heteroatoms. The fourth-order valence-corrected chi connectivity index (χ4v) is 2.16. The molecule has 1 atom stereocenters. The third-order valence-corrected chi connectivity index (χ3v) is 3.41.